The van der Waals surface area contributed by atoms with Crippen LogP contribution < -0.4 is 16.6 Å². The molecule has 8 nitrogen and oxygen atoms in total. The molecule has 0 fully saturated rings. The first kappa shape index (κ1) is 26.2. The van der Waals surface area contributed by atoms with Crippen molar-refractivity contribution < 1.29 is 31.9 Å². The highest BCUT2D eigenvalue weighted by Crippen LogP contribution is 2.31. The molecule has 1 aromatic carbocycles. The Kier molecular flexibility index (Phi) is 8.50. The summed E-state index contributed by atoms with van der Waals surface area (Å²) in [4.78, 5) is 47.5. The number of nitrogens with zero attached hydrogens (tertiary/aromatic N) is 2. The fourth-order valence-electron chi connectivity index (χ4n) is 2.51. The van der Waals surface area contributed by atoms with Gasteiger partial charge in [0.05, 0.1) is 23.0 Å². The number of rotatable bonds is 8. The van der Waals surface area contributed by atoms with Gasteiger partial charge >= 0.3 is 17.8 Å². The molecule has 1 heterocycles. The molecule has 0 radical (unpaired) electrons. The quantitative estimate of drug-likeness (QED) is 0.193. The second kappa shape index (κ2) is 10.7. The van der Waals surface area contributed by atoms with E-state index in [1.165, 1.54) is 0 Å². The number of benzene rings is 1. The minimum atomic E-state index is -4.97. The zero-order valence-corrected chi connectivity index (χ0v) is 18.4. The van der Waals surface area contributed by atoms with E-state index in [2.05, 4.69) is 11.9 Å². The lowest BCUT2D eigenvalue weighted by Gasteiger charge is -2.15. The maximum absolute atomic E-state index is 14.5. The van der Waals surface area contributed by atoms with Crippen LogP contribution >= 0.6 is 23.4 Å². The summed E-state index contributed by atoms with van der Waals surface area (Å²) in [7, 11) is 0.790. The van der Waals surface area contributed by atoms with Gasteiger partial charge in [0.15, 0.2) is 0 Å². The molecule has 0 aliphatic heterocycles. The monoisotopic (exact) mass is 509 g/mol. The van der Waals surface area contributed by atoms with Crippen molar-refractivity contribution >= 4 is 35.2 Å². The van der Waals surface area contributed by atoms with Crippen LogP contribution in [0.25, 0.3) is 5.69 Å². The predicted molar refractivity (Wildman–Crippen MR) is 112 cm³/mol. The number of carbonyl (C=O) groups excluding carboxylic acids is 2. The van der Waals surface area contributed by atoms with Crippen molar-refractivity contribution in [3.8, 4) is 5.69 Å². The summed E-state index contributed by atoms with van der Waals surface area (Å²) in [6, 6.07) is 1.90. The standard InChI is InChI=1S/C19H16ClF4N3O5S/c1-3-15(28)25-4-5-32-17(30)9-33-13-7-12(11(21)6-10(13)20)27-16(29)8-14(19(22,23)24)26(2)18(27)31/h3,6-8H,1,4-5,9H2,2H3,(H,25,28). The molecule has 0 bridgehead atoms. The van der Waals surface area contributed by atoms with Crippen molar-refractivity contribution in [1.29, 1.82) is 0 Å². The number of carbonyl (C=O) groups is 2. The first-order valence-corrected chi connectivity index (χ1v) is 10.3. The number of ether oxygens (including phenoxy) is 1. The minimum Gasteiger partial charge on any atom is -0.463 e. The molecule has 2 aromatic rings. The molecular weight excluding hydrogens is 494 g/mol. The number of amides is 1. The summed E-state index contributed by atoms with van der Waals surface area (Å²) >= 11 is 6.74. The van der Waals surface area contributed by atoms with E-state index in [-0.39, 0.29) is 44.0 Å². The van der Waals surface area contributed by atoms with E-state index < -0.39 is 46.5 Å². The Hall–Kier alpha value is -3.06. The van der Waals surface area contributed by atoms with Crippen molar-refractivity contribution in [2.45, 2.75) is 11.1 Å². The van der Waals surface area contributed by atoms with E-state index in [0.717, 1.165) is 37.0 Å². The van der Waals surface area contributed by atoms with Crippen LogP contribution in [0.4, 0.5) is 17.6 Å². The van der Waals surface area contributed by atoms with Crippen LogP contribution in [0.5, 0.6) is 0 Å². The second-order valence-corrected chi connectivity index (χ2v) is 7.71. The first-order valence-electron chi connectivity index (χ1n) is 8.95. The van der Waals surface area contributed by atoms with Gasteiger partial charge in [-0.3, -0.25) is 19.0 Å². The molecule has 14 heteroatoms. The van der Waals surface area contributed by atoms with Gasteiger partial charge in [-0.15, -0.1) is 11.8 Å². The van der Waals surface area contributed by atoms with E-state index in [1.54, 1.807) is 0 Å². The summed E-state index contributed by atoms with van der Waals surface area (Å²) in [6.45, 7) is 3.17. The van der Waals surface area contributed by atoms with Gasteiger partial charge < -0.3 is 10.1 Å². The molecule has 0 saturated carbocycles. The Morgan fingerprint density at radius 3 is 2.55 bits per heavy atom. The van der Waals surface area contributed by atoms with Crippen LogP contribution in [0, 0.1) is 5.82 Å². The number of hydrogen-bond donors (Lipinski definition) is 1. The van der Waals surface area contributed by atoms with Crippen LogP contribution in [0.3, 0.4) is 0 Å². The zero-order valence-electron chi connectivity index (χ0n) is 16.9. The Morgan fingerprint density at radius 2 is 1.94 bits per heavy atom. The van der Waals surface area contributed by atoms with Gasteiger partial charge in [-0.2, -0.15) is 13.2 Å². The van der Waals surface area contributed by atoms with Crippen molar-refractivity contribution in [3.63, 3.8) is 0 Å². The number of nitrogens with one attached hydrogen (secondary N) is 1. The fraction of sp³-hybridized carbons (Fsp3) is 0.263. The molecule has 33 heavy (non-hydrogen) atoms. The molecule has 0 aliphatic carbocycles. The molecule has 1 aromatic heterocycles. The molecule has 0 spiro atoms. The van der Waals surface area contributed by atoms with E-state index in [4.69, 9.17) is 16.3 Å². The number of halogens is 5. The second-order valence-electron chi connectivity index (χ2n) is 6.28. The molecule has 178 valence electrons. The summed E-state index contributed by atoms with van der Waals surface area (Å²) in [5.41, 5.74) is -4.96. The highest BCUT2D eigenvalue weighted by atomic mass is 35.5. The van der Waals surface area contributed by atoms with E-state index in [0.29, 0.717) is 0 Å². The van der Waals surface area contributed by atoms with Crippen LogP contribution in [-0.4, -0.2) is 39.9 Å². The van der Waals surface area contributed by atoms with Crippen molar-refractivity contribution in [2.75, 3.05) is 18.9 Å². The van der Waals surface area contributed by atoms with Gasteiger partial charge in [0.1, 0.15) is 18.1 Å². The predicted octanol–water partition coefficient (Wildman–Crippen LogP) is 2.29. The molecule has 1 N–H and O–H groups in total. The minimum absolute atomic E-state index is 0.0445. The number of hydrogen-bond acceptors (Lipinski definition) is 6. The van der Waals surface area contributed by atoms with Crippen molar-refractivity contribution in [3.05, 3.63) is 68.2 Å². The highest BCUT2D eigenvalue weighted by molar-refractivity contribution is 8.00. The molecule has 1 amide bonds. The topological polar surface area (TPSA) is 99.4 Å². The lowest BCUT2D eigenvalue weighted by molar-refractivity contribution is -0.144. The third kappa shape index (κ3) is 6.48. The third-order valence-electron chi connectivity index (χ3n) is 4.05. The Bertz CT molecular complexity index is 1210. The molecule has 2 rings (SSSR count). The largest absolute Gasteiger partial charge is 0.463 e. The fourth-order valence-corrected chi connectivity index (χ4v) is 3.57. The van der Waals surface area contributed by atoms with E-state index in [1.807, 2.05) is 0 Å². The van der Waals surface area contributed by atoms with Crippen LogP contribution in [0.2, 0.25) is 5.02 Å². The van der Waals surface area contributed by atoms with Gasteiger partial charge in [0, 0.05) is 18.0 Å². The van der Waals surface area contributed by atoms with Gasteiger partial charge in [-0.25, -0.2) is 13.8 Å². The highest BCUT2D eigenvalue weighted by Gasteiger charge is 2.35. The van der Waals surface area contributed by atoms with Gasteiger partial charge in [0.2, 0.25) is 5.91 Å². The zero-order chi connectivity index (χ0) is 24.9. The molecular formula is C19H16ClF4N3O5S. The van der Waals surface area contributed by atoms with E-state index in [9.17, 15) is 36.7 Å². The third-order valence-corrected chi connectivity index (χ3v) is 5.50. The molecule has 0 aliphatic rings. The normalized spacial score (nSPS) is 11.2. The number of thioether (sulfide) groups is 1. The van der Waals surface area contributed by atoms with Crippen molar-refractivity contribution in [1.82, 2.24) is 14.5 Å². The van der Waals surface area contributed by atoms with Crippen LogP contribution in [0.1, 0.15) is 5.69 Å². The molecule has 0 saturated heterocycles. The average molecular weight is 510 g/mol. The van der Waals surface area contributed by atoms with Gasteiger partial charge in [-0.05, 0) is 18.2 Å². The summed E-state index contributed by atoms with van der Waals surface area (Å²) in [5, 5.41) is 2.23. The maximum Gasteiger partial charge on any atom is 0.431 e. The average Bonchev–Trinajstić information content (AvgIpc) is 2.73. The Balaban J connectivity index is 2.26. The number of esters is 1. The SMILES string of the molecule is C=CC(=O)NCCOC(=O)CSc1cc(-n2c(=O)cc(C(F)(F)F)n(C)c2=O)c(F)cc1Cl. The summed E-state index contributed by atoms with van der Waals surface area (Å²) < 4.78 is 58.8. The molecule has 0 unspecified atom stereocenters. The Morgan fingerprint density at radius 1 is 1.27 bits per heavy atom. The number of alkyl halides is 3. The van der Waals surface area contributed by atoms with E-state index >= 15 is 0 Å². The summed E-state index contributed by atoms with van der Waals surface area (Å²) in [6.07, 6.45) is -3.93. The maximum atomic E-state index is 14.5. The lowest BCUT2D eigenvalue weighted by atomic mass is 10.3. The lowest BCUT2D eigenvalue weighted by Crippen LogP contribution is -2.41. The first-order chi connectivity index (χ1) is 15.4. The van der Waals surface area contributed by atoms with Gasteiger partial charge in [0.25, 0.3) is 5.56 Å². The van der Waals surface area contributed by atoms with Crippen molar-refractivity contribution in [2.24, 2.45) is 7.05 Å². The Labute approximate surface area is 192 Å². The molecule has 0 atom stereocenters. The van der Waals surface area contributed by atoms with Gasteiger partial charge in [-0.1, -0.05) is 18.2 Å². The van der Waals surface area contributed by atoms with Crippen LogP contribution in [0.15, 0.2) is 45.3 Å². The number of aromatic nitrogens is 2. The van der Waals surface area contributed by atoms with Crippen LogP contribution in [-0.2, 0) is 27.5 Å². The smallest absolute Gasteiger partial charge is 0.431 e. The summed E-state index contributed by atoms with van der Waals surface area (Å²) in [5.74, 6) is -2.60.